The first kappa shape index (κ1) is 9.77. The van der Waals surface area contributed by atoms with Crippen molar-refractivity contribution in [3.63, 3.8) is 0 Å². The molecule has 2 rings (SSSR count). The Bertz CT molecular complexity index is 526. The van der Waals surface area contributed by atoms with Crippen LogP contribution in [0, 0.1) is 0 Å². The number of hydrogen-bond acceptors (Lipinski definition) is 2. The molecule has 2 aromatic rings. The van der Waals surface area contributed by atoms with Crippen LogP contribution in [-0.2, 0) is 13.5 Å². The van der Waals surface area contributed by atoms with Crippen LogP contribution in [0.4, 0.5) is 0 Å². The van der Waals surface area contributed by atoms with Crippen LogP contribution < -0.4 is 0 Å². The van der Waals surface area contributed by atoms with Gasteiger partial charge >= 0.3 is 0 Å². The summed E-state index contributed by atoms with van der Waals surface area (Å²) in [4.78, 5) is 4.48. The number of rotatable bonds is 2. The number of benzene rings is 1. The van der Waals surface area contributed by atoms with E-state index in [9.17, 15) is 5.11 Å². The lowest BCUT2D eigenvalue weighted by atomic mass is 10.2. The van der Waals surface area contributed by atoms with Gasteiger partial charge in [-0.1, -0.05) is 13.5 Å². The van der Waals surface area contributed by atoms with Gasteiger partial charge < -0.3 is 9.67 Å². The molecule has 3 nitrogen and oxygen atoms in total. The fourth-order valence-electron chi connectivity index (χ4n) is 1.74. The first-order chi connectivity index (χ1) is 7.13. The minimum absolute atomic E-state index is 0.0937. The number of nitrogens with zero attached hydrogens (tertiary/aromatic N) is 2. The van der Waals surface area contributed by atoms with E-state index < -0.39 is 0 Å². The first-order valence-corrected chi connectivity index (χ1v) is 4.97. The second kappa shape index (κ2) is 3.42. The van der Waals surface area contributed by atoms with Crippen molar-refractivity contribution in [3.8, 4) is 0 Å². The van der Waals surface area contributed by atoms with Crippen LogP contribution in [-0.4, -0.2) is 14.7 Å². The minimum Gasteiger partial charge on any atom is -0.508 e. The molecule has 0 aliphatic carbocycles. The number of hydrogen-bond donors (Lipinski definition) is 1. The Kier molecular flexibility index (Phi) is 2.23. The number of aromatic nitrogens is 2. The molecular weight excluding hydrogens is 188 g/mol. The molecule has 0 radical (unpaired) electrons. The van der Waals surface area contributed by atoms with Gasteiger partial charge in [0.1, 0.15) is 11.6 Å². The predicted molar refractivity (Wildman–Crippen MR) is 61.8 cm³/mol. The topological polar surface area (TPSA) is 38.1 Å². The highest BCUT2D eigenvalue weighted by molar-refractivity contribution is 5.80. The maximum absolute atomic E-state index is 9.31. The summed E-state index contributed by atoms with van der Waals surface area (Å²) in [6.45, 7) is 5.59. The van der Waals surface area contributed by atoms with Crippen LogP contribution in [0.25, 0.3) is 16.8 Å². The van der Waals surface area contributed by atoms with Crippen LogP contribution in [0.1, 0.15) is 18.3 Å². The minimum atomic E-state index is 0.0937. The average Bonchev–Trinajstić information content (AvgIpc) is 2.55. The van der Waals surface area contributed by atoms with E-state index in [0.717, 1.165) is 28.8 Å². The van der Waals surface area contributed by atoms with Crippen molar-refractivity contribution < 1.29 is 5.11 Å². The van der Waals surface area contributed by atoms with E-state index in [1.54, 1.807) is 0 Å². The number of aliphatic hydroxyl groups excluding tert-OH is 1. The molecule has 78 valence electrons. The van der Waals surface area contributed by atoms with Crippen molar-refractivity contribution in [1.29, 1.82) is 0 Å². The summed E-state index contributed by atoms with van der Waals surface area (Å²) in [6.07, 6.45) is 0.903. The lowest BCUT2D eigenvalue weighted by molar-refractivity contribution is 0.514. The van der Waals surface area contributed by atoms with Crippen molar-refractivity contribution in [2.75, 3.05) is 0 Å². The molecule has 0 aliphatic heterocycles. The van der Waals surface area contributed by atoms with Crippen LogP contribution in [0.3, 0.4) is 0 Å². The molecule has 0 aliphatic rings. The molecule has 0 spiro atoms. The number of aryl methyl sites for hydroxylation is 2. The van der Waals surface area contributed by atoms with E-state index in [-0.39, 0.29) is 5.76 Å². The predicted octanol–water partition coefficient (Wildman–Crippen LogP) is 2.66. The second-order valence-corrected chi connectivity index (χ2v) is 3.59. The highest BCUT2D eigenvalue weighted by atomic mass is 16.3. The first-order valence-electron chi connectivity index (χ1n) is 4.97. The van der Waals surface area contributed by atoms with E-state index in [2.05, 4.69) is 18.5 Å². The van der Waals surface area contributed by atoms with Crippen molar-refractivity contribution in [1.82, 2.24) is 9.55 Å². The summed E-state index contributed by atoms with van der Waals surface area (Å²) in [7, 11) is 1.98. The molecule has 0 fully saturated rings. The lowest BCUT2D eigenvalue weighted by Crippen LogP contribution is -1.95. The van der Waals surface area contributed by atoms with Crippen molar-refractivity contribution in [2.45, 2.75) is 13.3 Å². The molecular formula is C12H14N2O. The molecule has 0 unspecified atom stereocenters. The number of aliphatic hydroxyl groups is 1. The Morgan fingerprint density at radius 3 is 2.87 bits per heavy atom. The maximum Gasteiger partial charge on any atom is 0.115 e. The van der Waals surface area contributed by atoms with Crippen molar-refractivity contribution in [2.24, 2.45) is 7.05 Å². The van der Waals surface area contributed by atoms with Crippen molar-refractivity contribution in [3.05, 3.63) is 36.2 Å². The molecule has 1 aromatic carbocycles. The van der Waals surface area contributed by atoms with Crippen LogP contribution in [0.5, 0.6) is 0 Å². The van der Waals surface area contributed by atoms with Crippen LogP contribution in [0.15, 0.2) is 24.8 Å². The van der Waals surface area contributed by atoms with Gasteiger partial charge in [0.05, 0.1) is 11.0 Å². The van der Waals surface area contributed by atoms with Gasteiger partial charge in [0.2, 0.25) is 0 Å². The van der Waals surface area contributed by atoms with Gasteiger partial charge in [-0.25, -0.2) is 4.98 Å². The SMILES string of the molecule is C=C(O)c1ccc2nc(CC)n(C)c2c1. The van der Waals surface area contributed by atoms with E-state index in [1.165, 1.54) is 0 Å². The molecule has 0 bridgehead atoms. The summed E-state index contributed by atoms with van der Waals surface area (Å²) in [5.74, 6) is 1.14. The van der Waals surface area contributed by atoms with Gasteiger partial charge in [0, 0.05) is 19.0 Å². The highest BCUT2D eigenvalue weighted by Gasteiger charge is 2.07. The molecule has 15 heavy (non-hydrogen) atoms. The Balaban J connectivity index is 2.70. The quantitative estimate of drug-likeness (QED) is 0.760. The molecule has 1 N–H and O–H groups in total. The Morgan fingerprint density at radius 1 is 1.53 bits per heavy atom. The largest absolute Gasteiger partial charge is 0.508 e. The van der Waals surface area contributed by atoms with E-state index in [1.807, 2.05) is 29.8 Å². The zero-order valence-electron chi connectivity index (χ0n) is 8.99. The highest BCUT2D eigenvalue weighted by Crippen LogP contribution is 2.19. The fourth-order valence-corrected chi connectivity index (χ4v) is 1.74. The second-order valence-electron chi connectivity index (χ2n) is 3.59. The monoisotopic (exact) mass is 202 g/mol. The molecule has 0 amide bonds. The van der Waals surface area contributed by atoms with Gasteiger partial charge in [-0.2, -0.15) is 0 Å². The zero-order valence-corrected chi connectivity index (χ0v) is 8.99. The summed E-state index contributed by atoms with van der Waals surface area (Å²) in [6, 6.07) is 5.64. The maximum atomic E-state index is 9.31. The molecule has 0 saturated carbocycles. The Labute approximate surface area is 88.7 Å². The normalized spacial score (nSPS) is 10.8. The third-order valence-electron chi connectivity index (χ3n) is 2.62. The van der Waals surface area contributed by atoms with Gasteiger partial charge in [0.25, 0.3) is 0 Å². The third kappa shape index (κ3) is 1.50. The summed E-state index contributed by atoms with van der Waals surface area (Å²) >= 11 is 0. The average molecular weight is 202 g/mol. The Hall–Kier alpha value is -1.77. The van der Waals surface area contributed by atoms with E-state index >= 15 is 0 Å². The summed E-state index contributed by atoms with van der Waals surface area (Å²) in [5, 5.41) is 9.31. The smallest absolute Gasteiger partial charge is 0.115 e. The van der Waals surface area contributed by atoms with Crippen LogP contribution in [0.2, 0.25) is 0 Å². The molecule has 0 saturated heterocycles. The van der Waals surface area contributed by atoms with Gasteiger partial charge in [0.15, 0.2) is 0 Å². The molecule has 1 heterocycles. The molecule has 3 heteroatoms. The standard InChI is InChI=1S/C12H14N2O/c1-4-12-13-10-6-5-9(8(2)15)7-11(10)14(12)3/h5-7,15H,2,4H2,1,3H3. The van der Waals surface area contributed by atoms with Crippen molar-refractivity contribution >= 4 is 16.8 Å². The summed E-state index contributed by atoms with van der Waals surface area (Å²) < 4.78 is 2.04. The third-order valence-corrected chi connectivity index (χ3v) is 2.62. The van der Waals surface area contributed by atoms with Crippen LogP contribution >= 0.6 is 0 Å². The van der Waals surface area contributed by atoms with E-state index in [4.69, 9.17) is 0 Å². The van der Waals surface area contributed by atoms with Gasteiger partial charge in [-0.05, 0) is 18.2 Å². The number of imidazole rings is 1. The van der Waals surface area contributed by atoms with Gasteiger partial charge in [-0.3, -0.25) is 0 Å². The molecule has 1 aromatic heterocycles. The van der Waals surface area contributed by atoms with Gasteiger partial charge in [-0.15, -0.1) is 0 Å². The fraction of sp³-hybridized carbons (Fsp3) is 0.250. The Morgan fingerprint density at radius 2 is 2.27 bits per heavy atom. The zero-order chi connectivity index (χ0) is 11.0. The number of fused-ring (bicyclic) bond motifs is 1. The van der Waals surface area contributed by atoms with E-state index in [0.29, 0.717) is 0 Å². The molecule has 0 atom stereocenters. The summed E-state index contributed by atoms with van der Waals surface area (Å²) in [5.41, 5.74) is 2.73. The lowest BCUT2D eigenvalue weighted by Gasteiger charge is -2.01.